The lowest BCUT2D eigenvalue weighted by Crippen LogP contribution is -1.94. The van der Waals surface area contributed by atoms with Gasteiger partial charge in [0.05, 0.1) is 12.5 Å². The number of hydrogen-bond donors (Lipinski definition) is 0. The molecule has 0 aromatic carbocycles. The van der Waals surface area contributed by atoms with Crippen LogP contribution in [0, 0.1) is 0 Å². The summed E-state index contributed by atoms with van der Waals surface area (Å²) in [5.41, 5.74) is 1.78. The van der Waals surface area contributed by atoms with E-state index in [9.17, 15) is 0 Å². The first kappa shape index (κ1) is 5.06. The highest BCUT2D eigenvalue weighted by atomic mass is 16.5. The van der Waals surface area contributed by atoms with E-state index in [1.165, 1.54) is 0 Å². The number of hydrogen-bond acceptors (Lipinski definition) is 4. The summed E-state index contributed by atoms with van der Waals surface area (Å²) in [5.74, 6) is 0.583. The van der Waals surface area contributed by atoms with Crippen LogP contribution in [0.1, 0.15) is 0 Å². The Bertz CT molecular complexity index is 421. The van der Waals surface area contributed by atoms with Crippen molar-refractivity contribution in [3.05, 3.63) is 12.5 Å². The summed E-state index contributed by atoms with van der Waals surface area (Å²) < 4.78 is 7.11. The maximum atomic E-state index is 5.20. The van der Waals surface area contributed by atoms with Crippen molar-refractivity contribution in [3.63, 3.8) is 0 Å². The highest BCUT2D eigenvalue weighted by molar-refractivity contribution is 5.79. The summed E-state index contributed by atoms with van der Waals surface area (Å²) >= 11 is 0. The Labute approximate surface area is 61.6 Å². The van der Waals surface area contributed by atoms with Crippen molar-refractivity contribution in [2.75, 3.05) is 0 Å². The van der Waals surface area contributed by atoms with E-state index in [2.05, 4.69) is 15.2 Å². The van der Waals surface area contributed by atoms with Gasteiger partial charge < -0.3 is 4.74 Å². The second kappa shape index (κ2) is 1.50. The molecule has 0 amide bonds. The number of rotatable bonds is 0. The van der Waals surface area contributed by atoms with Gasteiger partial charge in [0, 0.05) is 0 Å². The predicted octanol–water partition coefficient (Wildman–Crippen LogP) is 0.176. The molecule has 1 aliphatic heterocycles. The average molecular weight is 148 g/mol. The molecule has 0 radical (unpaired) electrons. The van der Waals surface area contributed by atoms with Crippen LogP contribution in [0.25, 0.3) is 11.0 Å². The van der Waals surface area contributed by atoms with Gasteiger partial charge in [-0.3, -0.25) is 4.57 Å². The number of nitrogens with zero attached hydrogens (tertiary/aromatic N) is 4. The van der Waals surface area contributed by atoms with E-state index in [1.807, 2.05) is 4.57 Å². The fraction of sp³-hybridized carbons (Fsp3) is 0.167. The maximum Gasteiger partial charge on any atom is 0.261 e. The van der Waals surface area contributed by atoms with Gasteiger partial charge in [0.2, 0.25) is 0 Å². The Hall–Kier alpha value is -1.65. The first-order valence-corrected chi connectivity index (χ1v) is 3.24. The quantitative estimate of drug-likeness (QED) is 0.534. The number of aromatic nitrogens is 4. The van der Waals surface area contributed by atoms with Crippen LogP contribution in [-0.2, 0) is 6.73 Å². The summed E-state index contributed by atoms with van der Waals surface area (Å²) in [5, 5.41) is 7.56. The molecule has 3 rings (SSSR count). The summed E-state index contributed by atoms with van der Waals surface area (Å²) in [4.78, 5) is 4.11. The monoisotopic (exact) mass is 148 g/mol. The Morgan fingerprint density at radius 3 is 3.55 bits per heavy atom. The van der Waals surface area contributed by atoms with Crippen LogP contribution in [0.2, 0.25) is 0 Å². The zero-order valence-corrected chi connectivity index (χ0v) is 5.56. The van der Waals surface area contributed by atoms with Crippen molar-refractivity contribution in [1.82, 2.24) is 19.7 Å². The molecule has 1 aliphatic rings. The highest BCUT2D eigenvalue weighted by Crippen LogP contribution is 2.25. The number of ether oxygens (including phenoxy) is 1. The van der Waals surface area contributed by atoms with Gasteiger partial charge >= 0.3 is 0 Å². The standard InChI is InChI=1S/C6H4N4O/c1-4-5-6(9-8-1)11-3-10(5)2-7-4/h1-2H,3H2. The summed E-state index contributed by atoms with van der Waals surface area (Å²) in [6.45, 7) is 0.504. The van der Waals surface area contributed by atoms with Crippen molar-refractivity contribution in [2.45, 2.75) is 6.73 Å². The van der Waals surface area contributed by atoms with Crippen molar-refractivity contribution in [2.24, 2.45) is 0 Å². The van der Waals surface area contributed by atoms with Gasteiger partial charge in [-0.2, -0.15) is 5.10 Å². The minimum atomic E-state index is 0.504. The SMILES string of the molecule is c1nnc2c3c1ncn3CO2. The summed E-state index contributed by atoms with van der Waals surface area (Å²) in [6.07, 6.45) is 3.36. The van der Waals surface area contributed by atoms with Gasteiger partial charge in [-0.15, -0.1) is 5.10 Å². The molecule has 2 aromatic rings. The molecule has 3 heterocycles. The molecule has 54 valence electrons. The molecule has 0 spiro atoms. The molecule has 0 N–H and O–H groups in total. The van der Waals surface area contributed by atoms with E-state index in [-0.39, 0.29) is 0 Å². The van der Waals surface area contributed by atoms with Crippen molar-refractivity contribution >= 4 is 11.0 Å². The van der Waals surface area contributed by atoms with Crippen LogP contribution in [0.15, 0.2) is 12.5 Å². The Morgan fingerprint density at radius 1 is 1.55 bits per heavy atom. The third kappa shape index (κ3) is 0.485. The third-order valence-electron chi connectivity index (χ3n) is 1.74. The second-order valence-corrected chi connectivity index (χ2v) is 2.37. The molecular weight excluding hydrogens is 144 g/mol. The molecule has 5 heteroatoms. The van der Waals surface area contributed by atoms with Gasteiger partial charge in [-0.1, -0.05) is 0 Å². The third-order valence-corrected chi connectivity index (χ3v) is 1.74. The first-order valence-electron chi connectivity index (χ1n) is 3.24. The molecule has 0 aliphatic carbocycles. The molecule has 0 saturated heterocycles. The van der Waals surface area contributed by atoms with Gasteiger partial charge in [0.15, 0.2) is 6.73 Å². The Balaban J connectivity index is 2.61. The van der Waals surface area contributed by atoms with Gasteiger partial charge in [-0.25, -0.2) is 4.98 Å². The van der Waals surface area contributed by atoms with Gasteiger partial charge in [-0.05, 0) is 0 Å². The van der Waals surface area contributed by atoms with Gasteiger partial charge in [0.25, 0.3) is 5.88 Å². The fourth-order valence-electron chi connectivity index (χ4n) is 1.23. The second-order valence-electron chi connectivity index (χ2n) is 2.37. The molecule has 0 bridgehead atoms. The zero-order chi connectivity index (χ0) is 7.26. The van der Waals surface area contributed by atoms with E-state index >= 15 is 0 Å². The van der Waals surface area contributed by atoms with Crippen LogP contribution in [0.4, 0.5) is 0 Å². The van der Waals surface area contributed by atoms with Crippen LogP contribution < -0.4 is 4.74 Å². The van der Waals surface area contributed by atoms with Crippen molar-refractivity contribution < 1.29 is 4.74 Å². The van der Waals surface area contributed by atoms with E-state index in [4.69, 9.17) is 4.74 Å². The molecule has 0 unspecified atom stereocenters. The molecule has 0 atom stereocenters. The average Bonchev–Trinajstić information content (AvgIpc) is 2.60. The van der Waals surface area contributed by atoms with Crippen molar-refractivity contribution in [3.8, 4) is 5.88 Å². The molecule has 11 heavy (non-hydrogen) atoms. The van der Waals surface area contributed by atoms with E-state index < -0.39 is 0 Å². The minimum Gasteiger partial charge on any atom is -0.453 e. The highest BCUT2D eigenvalue weighted by Gasteiger charge is 2.16. The van der Waals surface area contributed by atoms with Crippen molar-refractivity contribution in [1.29, 1.82) is 0 Å². The zero-order valence-electron chi connectivity index (χ0n) is 5.56. The smallest absolute Gasteiger partial charge is 0.261 e. The van der Waals surface area contributed by atoms with Crippen LogP contribution in [0.5, 0.6) is 5.88 Å². The summed E-state index contributed by atoms with van der Waals surface area (Å²) in [7, 11) is 0. The molecular formula is C6H4N4O. The van der Waals surface area contributed by atoms with Crippen LogP contribution in [-0.4, -0.2) is 19.7 Å². The lowest BCUT2D eigenvalue weighted by Gasteiger charge is -1.91. The largest absolute Gasteiger partial charge is 0.453 e. The topological polar surface area (TPSA) is 52.8 Å². The van der Waals surface area contributed by atoms with Gasteiger partial charge in [0.1, 0.15) is 11.0 Å². The molecule has 0 saturated carbocycles. The number of imidazole rings is 1. The normalized spacial score (nSPS) is 13.8. The van der Waals surface area contributed by atoms with E-state index in [0.29, 0.717) is 12.6 Å². The lowest BCUT2D eigenvalue weighted by atomic mass is 10.5. The predicted molar refractivity (Wildman–Crippen MR) is 36.0 cm³/mol. The summed E-state index contributed by atoms with van der Waals surface area (Å²) in [6, 6.07) is 0. The molecule has 2 aromatic heterocycles. The molecule has 5 nitrogen and oxygen atoms in total. The Kier molecular flexibility index (Phi) is 0.689. The maximum absolute atomic E-state index is 5.20. The Morgan fingerprint density at radius 2 is 2.55 bits per heavy atom. The minimum absolute atomic E-state index is 0.504. The fourth-order valence-corrected chi connectivity index (χ4v) is 1.23. The van der Waals surface area contributed by atoms with E-state index in [0.717, 1.165) is 11.0 Å². The van der Waals surface area contributed by atoms with Crippen LogP contribution in [0.3, 0.4) is 0 Å². The molecule has 0 fully saturated rings. The van der Waals surface area contributed by atoms with E-state index in [1.54, 1.807) is 12.5 Å². The first-order chi connectivity index (χ1) is 5.45. The van der Waals surface area contributed by atoms with Crippen LogP contribution >= 0.6 is 0 Å². The lowest BCUT2D eigenvalue weighted by molar-refractivity contribution is 0.258.